The third kappa shape index (κ3) is 7.68. The molecule has 0 heterocycles. The van der Waals surface area contributed by atoms with Crippen molar-refractivity contribution < 1.29 is 14.3 Å². The summed E-state index contributed by atoms with van der Waals surface area (Å²) in [5.41, 5.74) is 0. The van der Waals surface area contributed by atoms with Crippen molar-refractivity contribution in [1.82, 2.24) is 0 Å². The van der Waals surface area contributed by atoms with E-state index in [4.69, 9.17) is 4.74 Å². The second-order valence-corrected chi connectivity index (χ2v) is 5.01. The third-order valence-corrected chi connectivity index (χ3v) is 3.48. The van der Waals surface area contributed by atoms with Crippen molar-refractivity contribution in [3.8, 4) is 0 Å². The summed E-state index contributed by atoms with van der Waals surface area (Å²) in [7, 11) is 0. The van der Waals surface area contributed by atoms with E-state index in [2.05, 4.69) is 9.98 Å². The fraction of sp³-hybridized carbons (Fsp3) is 0.857. The average molecular weight is 266 g/mol. The zero-order chi connectivity index (χ0) is 13.8. The van der Waals surface area contributed by atoms with Gasteiger partial charge in [-0.25, -0.2) is 19.6 Å². The van der Waals surface area contributed by atoms with Crippen molar-refractivity contribution in [2.24, 2.45) is 15.9 Å². The summed E-state index contributed by atoms with van der Waals surface area (Å²) >= 11 is 0. The molecular formula is C14H22N2O3. The van der Waals surface area contributed by atoms with Gasteiger partial charge >= 0.3 is 0 Å². The van der Waals surface area contributed by atoms with Gasteiger partial charge in [-0.3, -0.25) is 0 Å². The zero-order valence-corrected chi connectivity index (χ0v) is 11.3. The minimum Gasteiger partial charge on any atom is -0.378 e. The molecule has 1 unspecified atom stereocenters. The first-order valence-corrected chi connectivity index (χ1v) is 7.05. The van der Waals surface area contributed by atoms with Gasteiger partial charge in [0.05, 0.1) is 25.8 Å². The molecule has 1 saturated carbocycles. The van der Waals surface area contributed by atoms with Gasteiger partial charge in [-0.15, -0.1) is 0 Å². The van der Waals surface area contributed by atoms with Gasteiger partial charge < -0.3 is 4.74 Å². The highest BCUT2D eigenvalue weighted by Gasteiger charge is 2.16. The van der Waals surface area contributed by atoms with Crippen LogP contribution in [-0.2, 0) is 14.3 Å². The van der Waals surface area contributed by atoms with Crippen LogP contribution < -0.4 is 0 Å². The Morgan fingerprint density at radius 2 is 1.84 bits per heavy atom. The van der Waals surface area contributed by atoms with Crippen molar-refractivity contribution >= 4 is 12.2 Å². The number of hydrogen-bond acceptors (Lipinski definition) is 5. The van der Waals surface area contributed by atoms with Crippen molar-refractivity contribution in [2.75, 3.05) is 19.7 Å². The number of ether oxygens (including phenoxy) is 1. The van der Waals surface area contributed by atoms with E-state index in [1.54, 1.807) is 6.08 Å². The Morgan fingerprint density at radius 3 is 2.53 bits per heavy atom. The van der Waals surface area contributed by atoms with Gasteiger partial charge in [-0.05, 0) is 25.7 Å². The van der Waals surface area contributed by atoms with Gasteiger partial charge in [-0.2, -0.15) is 0 Å². The first-order chi connectivity index (χ1) is 9.36. The lowest BCUT2D eigenvalue weighted by atomic mass is 9.97. The molecule has 0 radical (unpaired) electrons. The van der Waals surface area contributed by atoms with Crippen molar-refractivity contribution in [2.45, 2.75) is 51.0 Å². The molecule has 0 aromatic rings. The van der Waals surface area contributed by atoms with E-state index in [0.717, 1.165) is 25.7 Å². The normalized spacial score (nSPS) is 17.3. The minimum absolute atomic E-state index is 0.213. The smallest absolute Gasteiger partial charge is 0.234 e. The third-order valence-electron chi connectivity index (χ3n) is 3.48. The highest BCUT2D eigenvalue weighted by molar-refractivity contribution is 5.33. The average Bonchev–Trinajstić information content (AvgIpc) is 2.46. The summed E-state index contributed by atoms with van der Waals surface area (Å²) in [6.07, 6.45) is 11.2. The second-order valence-electron chi connectivity index (χ2n) is 5.01. The van der Waals surface area contributed by atoms with E-state index >= 15 is 0 Å². The molecule has 5 nitrogen and oxygen atoms in total. The van der Waals surface area contributed by atoms with Gasteiger partial charge in [0.25, 0.3) is 0 Å². The van der Waals surface area contributed by atoms with Crippen molar-refractivity contribution in [1.29, 1.82) is 0 Å². The van der Waals surface area contributed by atoms with Gasteiger partial charge in [0.15, 0.2) is 0 Å². The lowest BCUT2D eigenvalue weighted by Crippen LogP contribution is -2.22. The van der Waals surface area contributed by atoms with Crippen molar-refractivity contribution in [3.05, 3.63) is 0 Å². The van der Waals surface area contributed by atoms with Crippen LogP contribution in [0, 0.1) is 5.92 Å². The largest absolute Gasteiger partial charge is 0.378 e. The molecule has 0 amide bonds. The number of aliphatic imine (C=N–C) groups is 2. The molecule has 0 aromatic carbocycles. The SMILES string of the molecule is O=C=NCCCC(CN=C=O)COC1CCCCC1. The van der Waals surface area contributed by atoms with Crippen LogP contribution in [0.1, 0.15) is 44.9 Å². The summed E-state index contributed by atoms with van der Waals surface area (Å²) in [6, 6.07) is 0. The van der Waals surface area contributed by atoms with Crippen LogP contribution in [0.4, 0.5) is 0 Å². The van der Waals surface area contributed by atoms with Crippen LogP contribution in [0.25, 0.3) is 0 Å². The Balaban J connectivity index is 2.26. The van der Waals surface area contributed by atoms with Gasteiger partial charge in [0, 0.05) is 5.92 Å². The Labute approximate surface area is 114 Å². The Morgan fingerprint density at radius 1 is 1.11 bits per heavy atom. The quantitative estimate of drug-likeness (QED) is 0.365. The Hall–Kier alpha value is -1.28. The molecule has 0 spiro atoms. The standard InChI is InChI=1S/C14H22N2O3/c17-11-15-8-4-5-13(9-16-12-18)10-19-14-6-2-1-3-7-14/h13-14H,1-10H2. The van der Waals surface area contributed by atoms with Crippen LogP contribution in [0.2, 0.25) is 0 Å². The molecule has 0 saturated heterocycles. The van der Waals surface area contributed by atoms with Crippen molar-refractivity contribution in [3.63, 3.8) is 0 Å². The summed E-state index contributed by atoms with van der Waals surface area (Å²) < 4.78 is 5.90. The van der Waals surface area contributed by atoms with E-state index in [9.17, 15) is 9.59 Å². The number of rotatable bonds is 9. The fourth-order valence-corrected chi connectivity index (χ4v) is 2.40. The van der Waals surface area contributed by atoms with Crippen LogP contribution >= 0.6 is 0 Å². The van der Waals surface area contributed by atoms with E-state index < -0.39 is 0 Å². The Kier molecular flexibility index (Phi) is 8.82. The summed E-state index contributed by atoms with van der Waals surface area (Å²) in [5, 5.41) is 0. The molecule has 1 fully saturated rings. The lowest BCUT2D eigenvalue weighted by molar-refractivity contribution is 0.00775. The molecule has 106 valence electrons. The molecule has 0 bridgehead atoms. The monoisotopic (exact) mass is 266 g/mol. The molecule has 5 heteroatoms. The zero-order valence-electron chi connectivity index (χ0n) is 11.3. The molecule has 0 aliphatic heterocycles. The topological polar surface area (TPSA) is 68.1 Å². The first kappa shape index (κ1) is 15.8. The highest BCUT2D eigenvalue weighted by Crippen LogP contribution is 2.21. The first-order valence-electron chi connectivity index (χ1n) is 7.05. The van der Waals surface area contributed by atoms with E-state index in [-0.39, 0.29) is 5.92 Å². The predicted octanol–water partition coefficient (Wildman–Crippen LogP) is 2.40. The fourth-order valence-electron chi connectivity index (χ4n) is 2.40. The molecule has 19 heavy (non-hydrogen) atoms. The van der Waals surface area contributed by atoms with Crippen LogP contribution in [0.5, 0.6) is 0 Å². The summed E-state index contributed by atoms with van der Waals surface area (Å²) in [4.78, 5) is 27.3. The van der Waals surface area contributed by atoms with Crippen LogP contribution in [0.15, 0.2) is 9.98 Å². The maximum Gasteiger partial charge on any atom is 0.234 e. The van der Waals surface area contributed by atoms with Gasteiger partial charge in [0.1, 0.15) is 0 Å². The number of carbonyl (C=O) groups excluding carboxylic acids is 2. The molecule has 1 aliphatic carbocycles. The molecule has 1 rings (SSSR count). The minimum atomic E-state index is 0.213. The van der Waals surface area contributed by atoms with Crippen LogP contribution in [0.3, 0.4) is 0 Å². The molecule has 0 aromatic heterocycles. The lowest BCUT2D eigenvalue weighted by Gasteiger charge is -2.24. The molecule has 0 N–H and O–H groups in total. The molecule has 1 aliphatic rings. The summed E-state index contributed by atoms with van der Waals surface area (Å²) in [5.74, 6) is 0.213. The highest BCUT2D eigenvalue weighted by atomic mass is 16.5. The summed E-state index contributed by atoms with van der Waals surface area (Å²) in [6.45, 7) is 1.55. The maximum atomic E-state index is 10.2. The maximum absolute atomic E-state index is 10.2. The Bertz CT molecular complexity index is 328. The van der Waals surface area contributed by atoms with Gasteiger partial charge in [-0.1, -0.05) is 19.3 Å². The second kappa shape index (κ2) is 10.6. The number of isocyanates is 2. The predicted molar refractivity (Wildman–Crippen MR) is 71.5 cm³/mol. The molecule has 1 atom stereocenters. The van der Waals surface area contributed by atoms with E-state index in [0.29, 0.717) is 25.8 Å². The number of nitrogens with zero attached hydrogens (tertiary/aromatic N) is 2. The van der Waals surface area contributed by atoms with Gasteiger partial charge in [0.2, 0.25) is 12.2 Å². The molecular weight excluding hydrogens is 244 g/mol. The van der Waals surface area contributed by atoms with E-state index in [1.165, 1.54) is 25.3 Å². The van der Waals surface area contributed by atoms with Crippen LogP contribution in [-0.4, -0.2) is 38.0 Å². The van der Waals surface area contributed by atoms with E-state index in [1.807, 2.05) is 0 Å². The number of hydrogen-bond donors (Lipinski definition) is 0.